The lowest BCUT2D eigenvalue weighted by Gasteiger charge is -2.35. The van der Waals surface area contributed by atoms with E-state index in [2.05, 4.69) is 46.6 Å². The van der Waals surface area contributed by atoms with Crippen molar-refractivity contribution in [3.8, 4) is 0 Å². The van der Waals surface area contributed by atoms with Crippen LogP contribution in [0.4, 0.5) is 5.69 Å². The molecule has 0 radical (unpaired) electrons. The Morgan fingerprint density at radius 2 is 2.11 bits per heavy atom. The number of guanidine groups is 1. The van der Waals surface area contributed by atoms with E-state index in [-0.39, 0.29) is 5.91 Å². The van der Waals surface area contributed by atoms with Gasteiger partial charge < -0.3 is 15.1 Å². The number of rotatable bonds is 5. The van der Waals surface area contributed by atoms with Gasteiger partial charge in [0, 0.05) is 50.1 Å². The number of aryl methyl sites for hydroxylation is 1. The number of thioether (sulfide) groups is 1. The lowest BCUT2D eigenvalue weighted by molar-refractivity contribution is -0.120. The fraction of sp³-hybridized carbons (Fsp3) is 0.421. The molecule has 1 N–H and O–H groups in total. The van der Waals surface area contributed by atoms with Crippen molar-refractivity contribution < 1.29 is 4.79 Å². The number of piperazine rings is 1. The minimum atomic E-state index is 0.0592. The number of nitrogens with zero attached hydrogens (tertiary/aromatic N) is 5. The fourth-order valence-electron chi connectivity index (χ4n) is 3.02. The Bertz CT molecular complexity index is 791. The van der Waals surface area contributed by atoms with E-state index in [1.54, 1.807) is 22.8 Å². The van der Waals surface area contributed by atoms with Crippen LogP contribution in [0.15, 0.2) is 52.6 Å². The van der Waals surface area contributed by atoms with Gasteiger partial charge >= 0.3 is 0 Å². The maximum Gasteiger partial charge on any atom is 0.246 e. The summed E-state index contributed by atoms with van der Waals surface area (Å²) in [7, 11) is 3.61. The average molecular weight is 387 g/mol. The van der Waals surface area contributed by atoms with Gasteiger partial charge in [0.15, 0.2) is 5.96 Å². The quantitative estimate of drug-likeness (QED) is 0.482. The monoisotopic (exact) mass is 386 g/mol. The highest BCUT2D eigenvalue weighted by Gasteiger charge is 2.27. The van der Waals surface area contributed by atoms with Crippen LogP contribution in [0, 0.1) is 0 Å². The second-order valence-electron chi connectivity index (χ2n) is 6.51. The number of hydrogen-bond donors (Lipinski definition) is 1. The average Bonchev–Trinajstić information content (AvgIpc) is 3.09. The van der Waals surface area contributed by atoms with Crippen molar-refractivity contribution >= 4 is 29.3 Å². The summed E-state index contributed by atoms with van der Waals surface area (Å²) in [6, 6.07) is 10.4. The SMILES string of the molecule is CN=C(NCC(C)Sc1ccccc1)N1CCN(c2cnn(C)c2)C(=O)C1. The Balaban J connectivity index is 1.52. The first-order valence-corrected chi connectivity index (χ1v) is 9.91. The van der Waals surface area contributed by atoms with Crippen molar-refractivity contribution in [2.45, 2.75) is 17.1 Å². The number of amides is 1. The van der Waals surface area contributed by atoms with Crippen LogP contribution >= 0.6 is 11.8 Å². The number of aliphatic imine (C=N–C) groups is 1. The second kappa shape index (κ2) is 8.94. The summed E-state index contributed by atoms with van der Waals surface area (Å²) < 4.78 is 1.71. The molecule has 2 heterocycles. The van der Waals surface area contributed by atoms with Gasteiger partial charge in [-0.05, 0) is 12.1 Å². The Morgan fingerprint density at radius 3 is 2.74 bits per heavy atom. The van der Waals surface area contributed by atoms with E-state index >= 15 is 0 Å². The molecule has 0 aliphatic carbocycles. The van der Waals surface area contributed by atoms with Crippen molar-refractivity contribution in [1.29, 1.82) is 0 Å². The molecule has 1 aromatic carbocycles. The van der Waals surface area contributed by atoms with E-state index in [4.69, 9.17) is 0 Å². The predicted molar refractivity (Wildman–Crippen MR) is 110 cm³/mol. The lowest BCUT2D eigenvalue weighted by Crippen LogP contribution is -2.55. The van der Waals surface area contributed by atoms with Crippen LogP contribution < -0.4 is 10.2 Å². The van der Waals surface area contributed by atoms with Gasteiger partial charge in [0.05, 0.1) is 11.9 Å². The standard InChI is InChI=1S/C19H26N6OS/c1-15(27-17-7-5-4-6-8-17)11-21-19(20-2)24-9-10-25(18(26)14-24)16-12-22-23(3)13-16/h4-8,12-13,15H,9-11,14H2,1-3H3,(H,20,21). The fourth-order valence-corrected chi connectivity index (χ4v) is 3.96. The predicted octanol–water partition coefficient (Wildman–Crippen LogP) is 1.82. The van der Waals surface area contributed by atoms with E-state index in [1.165, 1.54) is 4.90 Å². The van der Waals surface area contributed by atoms with Gasteiger partial charge in [0.2, 0.25) is 5.91 Å². The lowest BCUT2D eigenvalue weighted by atomic mass is 10.3. The van der Waals surface area contributed by atoms with E-state index in [0.717, 1.165) is 24.7 Å². The Kier molecular flexibility index (Phi) is 6.39. The van der Waals surface area contributed by atoms with Crippen LogP contribution in [-0.4, -0.2) is 65.0 Å². The number of benzene rings is 1. The molecule has 27 heavy (non-hydrogen) atoms. The van der Waals surface area contributed by atoms with E-state index < -0.39 is 0 Å². The molecular weight excluding hydrogens is 360 g/mol. The molecule has 7 nitrogen and oxygen atoms in total. The van der Waals surface area contributed by atoms with Gasteiger partial charge in [0.1, 0.15) is 6.54 Å². The van der Waals surface area contributed by atoms with Crippen molar-refractivity contribution in [2.75, 3.05) is 38.1 Å². The summed E-state index contributed by atoms with van der Waals surface area (Å²) in [6.45, 7) is 4.64. The van der Waals surface area contributed by atoms with E-state index in [1.807, 2.05) is 36.0 Å². The van der Waals surface area contributed by atoms with Gasteiger partial charge in [-0.2, -0.15) is 5.10 Å². The van der Waals surface area contributed by atoms with Crippen LogP contribution in [0.3, 0.4) is 0 Å². The number of nitrogens with one attached hydrogen (secondary N) is 1. The van der Waals surface area contributed by atoms with Gasteiger partial charge in [-0.1, -0.05) is 25.1 Å². The normalized spacial score (nSPS) is 16.6. The zero-order chi connectivity index (χ0) is 19.2. The molecule has 1 amide bonds. The highest BCUT2D eigenvalue weighted by molar-refractivity contribution is 8.00. The molecule has 3 rings (SSSR count). The minimum Gasteiger partial charge on any atom is -0.355 e. The maximum atomic E-state index is 12.6. The molecule has 1 aromatic heterocycles. The third-order valence-electron chi connectivity index (χ3n) is 4.36. The van der Waals surface area contributed by atoms with Crippen molar-refractivity contribution in [1.82, 2.24) is 20.0 Å². The van der Waals surface area contributed by atoms with Crippen molar-refractivity contribution in [3.05, 3.63) is 42.7 Å². The van der Waals surface area contributed by atoms with Gasteiger partial charge in [-0.3, -0.25) is 14.5 Å². The van der Waals surface area contributed by atoms with Gasteiger partial charge in [0.25, 0.3) is 0 Å². The minimum absolute atomic E-state index is 0.0592. The topological polar surface area (TPSA) is 65.8 Å². The summed E-state index contributed by atoms with van der Waals surface area (Å²) in [4.78, 5) is 22.0. The van der Waals surface area contributed by atoms with Gasteiger partial charge in [-0.15, -0.1) is 11.8 Å². The summed E-state index contributed by atoms with van der Waals surface area (Å²) in [5.41, 5.74) is 0.845. The zero-order valence-electron chi connectivity index (χ0n) is 16.0. The Labute approximate surface area is 164 Å². The second-order valence-corrected chi connectivity index (χ2v) is 8.02. The highest BCUT2D eigenvalue weighted by Crippen LogP contribution is 2.22. The number of hydrogen-bond acceptors (Lipinski definition) is 4. The molecule has 1 unspecified atom stereocenters. The number of aromatic nitrogens is 2. The molecule has 0 bridgehead atoms. The first-order valence-electron chi connectivity index (χ1n) is 9.03. The molecule has 1 fully saturated rings. The molecule has 144 valence electrons. The molecule has 1 saturated heterocycles. The molecule has 8 heteroatoms. The van der Waals surface area contributed by atoms with E-state index in [9.17, 15) is 4.79 Å². The molecule has 1 atom stereocenters. The summed E-state index contributed by atoms with van der Waals surface area (Å²) in [6.07, 6.45) is 3.59. The largest absolute Gasteiger partial charge is 0.355 e. The van der Waals surface area contributed by atoms with Gasteiger partial charge in [-0.25, -0.2) is 0 Å². The zero-order valence-corrected chi connectivity index (χ0v) is 16.8. The number of carbonyl (C=O) groups is 1. The van der Waals surface area contributed by atoms with Crippen LogP contribution in [0.1, 0.15) is 6.92 Å². The summed E-state index contributed by atoms with van der Waals surface area (Å²) >= 11 is 1.82. The molecule has 1 aliphatic heterocycles. The highest BCUT2D eigenvalue weighted by atomic mass is 32.2. The first kappa shape index (κ1) is 19.3. The maximum absolute atomic E-state index is 12.6. The summed E-state index contributed by atoms with van der Waals surface area (Å²) in [5, 5.41) is 7.94. The summed E-state index contributed by atoms with van der Waals surface area (Å²) in [5.74, 6) is 0.832. The van der Waals surface area contributed by atoms with Crippen LogP contribution in [-0.2, 0) is 11.8 Å². The number of carbonyl (C=O) groups excluding carboxylic acids is 1. The van der Waals surface area contributed by atoms with Crippen molar-refractivity contribution in [3.63, 3.8) is 0 Å². The van der Waals surface area contributed by atoms with E-state index in [0.29, 0.717) is 18.3 Å². The van der Waals surface area contributed by atoms with Crippen molar-refractivity contribution in [2.24, 2.45) is 12.0 Å². The third kappa shape index (κ3) is 5.03. The molecular formula is C19H26N6OS. The van der Waals surface area contributed by atoms with Crippen LogP contribution in [0.25, 0.3) is 0 Å². The third-order valence-corrected chi connectivity index (χ3v) is 5.48. The van der Waals surface area contributed by atoms with Crippen LogP contribution in [0.5, 0.6) is 0 Å². The van der Waals surface area contributed by atoms with Crippen LogP contribution in [0.2, 0.25) is 0 Å². The molecule has 0 saturated carbocycles. The first-order chi connectivity index (χ1) is 13.1. The number of anilines is 1. The smallest absolute Gasteiger partial charge is 0.246 e. The molecule has 0 spiro atoms. The Morgan fingerprint density at radius 1 is 1.33 bits per heavy atom. The molecule has 2 aromatic rings. The molecule has 1 aliphatic rings. The Hall–Kier alpha value is -2.48.